The molecule has 1 aromatic rings. The molecule has 0 radical (unpaired) electrons. The van der Waals surface area contributed by atoms with E-state index in [2.05, 4.69) is 12.2 Å². The molecule has 1 aliphatic rings. The van der Waals surface area contributed by atoms with Crippen molar-refractivity contribution in [3.8, 4) is 0 Å². The molecule has 0 atom stereocenters. The minimum absolute atomic E-state index is 0.0639. The van der Waals surface area contributed by atoms with Crippen LogP contribution >= 0.6 is 11.6 Å². The van der Waals surface area contributed by atoms with Crippen LogP contribution in [-0.4, -0.2) is 5.54 Å². The molecule has 76 valence electrons. The molecule has 0 aliphatic heterocycles. The zero-order valence-electron chi connectivity index (χ0n) is 7.90. The van der Waals surface area contributed by atoms with Crippen LogP contribution in [0, 0.1) is 5.82 Å². The Hall–Kier alpha value is -0.960. The first kappa shape index (κ1) is 9.59. The van der Waals surface area contributed by atoms with Gasteiger partial charge in [-0.05, 0) is 25.8 Å². The summed E-state index contributed by atoms with van der Waals surface area (Å²) >= 11 is 5.59. The van der Waals surface area contributed by atoms with Gasteiger partial charge in [0.1, 0.15) is 5.82 Å². The summed E-state index contributed by atoms with van der Waals surface area (Å²) in [6, 6.07) is 2.78. The molecule has 1 aliphatic carbocycles. The number of benzene rings is 1. The summed E-state index contributed by atoms with van der Waals surface area (Å²) < 4.78 is 13.1. The molecule has 4 heteroatoms. The average Bonchev–Trinajstić information content (AvgIpc) is 2.80. The summed E-state index contributed by atoms with van der Waals surface area (Å²) in [4.78, 5) is 0. The van der Waals surface area contributed by atoms with Gasteiger partial charge < -0.3 is 11.1 Å². The van der Waals surface area contributed by atoms with Gasteiger partial charge in [0, 0.05) is 11.6 Å². The van der Waals surface area contributed by atoms with Gasteiger partial charge in [-0.2, -0.15) is 0 Å². The molecule has 0 bridgehead atoms. The van der Waals surface area contributed by atoms with Crippen molar-refractivity contribution in [3.05, 3.63) is 23.0 Å². The van der Waals surface area contributed by atoms with Crippen molar-refractivity contribution in [3.63, 3.8) is 0 Å². The molecule has 0 unspecified atom stereocenters. The molecule has 1 aromatic carbocycles. The van der Waals surface area contributed by atoms with Crippen LogP contribution in [0.5, 0.6) is 0 Å². The van der Waals surface area contributed by atoms with E-state index >= 15 is 0 Å². The van der Waals surface area contributed by atoms with Crippen LogP contribution in [0.25, 0.3) is 0 Å². The minimum Gasteiger partial charge on any atom is -0.397 e. The molecule has 2 nitrogen and oxygen atoms in total. The summed E-state index contributed by atoms with van der Waals surface area (Å²) in [6.07, 6.45) is 2.19. The maximum Gasteiger partial charge on any atom is 0.143 e. The molecule has 2 rings (SSSR count). The number of rotatable bonds is 2. The van der Waals surface area contributed by atoms with E-state index < -0.39 is 5.82 Å². The lowest BCUT2D eigenvalue weighted by molar-refractivity contribution is 0.628. The van der Waals surface area contributed by atoms with Gasteiger partial charge >= 0.3 is 0 Å². The highest BCUT2D eigenvalue weighted by atomic mass is 35.5. The van der Waals surface area contributed by atoms with Crippen molar-refractivity contribution < 1.29 is 4.39 Å². The van der Waals surface area contributed by atoms with E-state index in [1.54, 1.807) is 0 Å². The van der Waals surface area contributed by atoms with Crippen LogP contribution in [0.2, 0.25) is 5.02 Å². The maximum absolute atomic E-state index is 13.1. The Kier molecular flexibility index (Phi) is 2.07. The van der Waals surface area contributed by atoms with E-state index in [0.29, 0.717) is 11.4 Å². The molecule has 0 saturated heterocycles. The van der Waals surface area contributed by atoms with E-state index in [1.807, 2.05) is 0 Å². The van der Waals surface area contributed by atoms with Crippen LogP contribution < -0.4 is 11.1 Å². The van der Waals surface area contributed by atoms with Gasteiger partial charge in [-0.1, -0.05) is 11.6 Å². The van der Waals surface area contributed by atoms with Crippen LogP contribution in [0.15, 0.2) is 12.1 Å². The normalized spacial score (nSPS) is 17.9. The van der Waals surface area contributed by atoms with E-state index in [0.717, 1.165) is 12.8 Å². The second-order valence-corrected chi connectivity index (χ2v) is 4.45. The highest BCUT2D eigenvalue weighted by molar-refractivity contribution is 6.31. The van der Waals surface area contributed by atoms with Crippen LogP contribution in [0.4, 0.5) is 15.8 Å². The standard InChI is InChI=1S/C10H12ClFN2/c1-10(2-3-10)14-9-5-7(12)6(11)4-8(9)13/h4-5,14H,2-3,13H2,1H3. The predicted molar refractivity (Wildman–Crippen MR) is 57.1 cm³/mol. The number of halogens is 2. The molecule has 0 heterocycles. The Balaban J connectivity index is 2.29. The van der Waals surface area contributed by atoms with Gasteiger partial charge in [0.05, 0.1) is 16.4 Å². The Bertz CT molecular complexity index is 375. The van der Waals surface area contributed by atoms with E-state index in [-0.39, 0.29) is 10.6 Å². The molecular weight excluding hydrogens is 203 g/mol. The maximum atomic E-state index is 13.1. The third-order valence-corrected chi connectivity index (χ3v) is 2.82. The number of hydrogen-bond donors (Lipinski definition) is 2. The number of hydrogen-bond acceptors (Lipinski definition) is 2. The Morgan fingerprint density at radius 2 is 2.14 bits per heavy atom. The van der Waals surface area contributed by atoms with Crippen LogP contribution in [0.3, 0.4) is 0 Å². The molecule has 1 saturated carbocycles. The number of nitrogens with two attached hydrogens (primary N) is 1. The molecular formula is C10H12ClFN2. The lowest BCUT2D eigenvalue weighted by atomic mass is 10.2. The second kappa shape index (κ2) is 3.02. The van der Waals surface area contributed by atoms with Crippen molar-refractivity contribution >= 4 is 23.0 Å². The molecule has 3 N–H and O–H groups in total. The fraction of sp³-hybridized carbons (Fsp3) is 0.400. The summed E-state index contributed by atoms with van der Waals surface area (Å²) in [5.41, 5.74) is 6.92. The van der Waals surface area contributed by atoms with Crippen molar-refractivity contribution in [2.45, 2.75) is 25.3 Å². The first-order valence-corrected chi connectivity index (χ1v) is 4.91. The molecule has 0 aromatic heterocycles. The smallest absolute Gasteiger partial charge is 0.143 e. The molecule has 0 amide bonds. The van der Waals surface area contributed by atoms with Gasteiger partial charge in [0.2, 0.25) is 0 Å². The van der Waals surface area contributed by atoms with Gasteiger partial charge in [-0.3, -0.25) is 0 Å². The van der Waals surface area contributed by atoms with Crippen molar-refractivity contribution in [1.82, 2.24) is 0 Å². The number of nitrogen functional groups attached to an aromatic ring is 1. The number of anilines is 2. The average molecular weight is 215 g/mol. The van der Waals surface area contributed by atoms with Crippen LogP contribution in [0.1, 0.15) is 19.8 Å². The predicted octanol–water partition coefficient (Wildman–Crippen LogP) is 3.03. The van der Waals surface area contributed by atoms with Crippen molar-refractivity contribution in [2.24, 2.45) is 0 Å². The third-order valence-electron chi connectivity index (χ3n) is 2.53. The van der Waals surface area contributed by atoms with Crippen LogP contribution in [-0.2, 0) is 0 Å². The summed E-state index contributed by atoms with van der Waals surface area (Å²) in [6.45, 7) is 2.08. The van der Waals surface area contributed by atoms with Crippen molar-refractivity contribution in [1.29, 1.82) is 0 Å². The lowest BCUT2D eigenvalue weighted by Gasteiger charge is -2.15. The Morgan fingerprint density at radius 1 is 1.50 bits per heavy atom. The lowest BCUT2D eigenvalue weighted by Crippen LogP contribution is -2.17. The van der Waals surface area contributed by atoms with Crippen molar-refractivity contribution in [2.75, 3.05) is 11.1 Å². The highest BCUT2D eigenvalue weighted by Crippen LogP contribution is 2.40. The largest absolute Gasteiger partial charge is 0.397 e. The van der Waals surface area contributed by atoms with Gasteiger partial charge in [-0.25, -0.2) is 4.39 Å². The monoisotopic (exact) mass is 214 g/mol. The third kappa shape index (κ3) is 1.77. The Labute approximate surface area is 87.2 Å². The zero-order chi connectivity index (χ0) is 10.3. The first-order chi connectivity index (χ1) is 6.50. The zero-order valence-corrected chi connectivity index (χ0v) is 8.66. The second-order valence-electron chi connectivity index (χ2n) is 4.04. The minimum atomic E-state index is -0.437. The molecule has 1 fully saturated rings. The quantitative estimate of drug-likeness (QED) is 0.743. The fourth-order valence-electron chi connectivity index (χ4n) is 1.31. The summed E-state index contributed by atoms with van der Waals surface area (Å²) in [7, 11) is 0. The summed E-state index contributed by atoms with van der Waals surface area (Å²) in [5, 5.41) is 3.27. The van der Waals surface area contributed by atoms with Gasteiger partial charge in [0.25, 0.3) is 0 Å². The summed E-state index contributed by atoms with van der Waals surface area (Å²) in [5.74, 6) is -0.437. The van der Waals surface area contributed by atoms with Gasteiger partial charge in [0.15, 0.2) is 0 Å². The van der Waals surface area contributed by atoms with E-state index in [1.165, 1.54) is 12.1 Å². The molecule has 0 spiro atoms. The van der Waals surface area contributed by atoms with E-state index in [4.69, 9.17) is 17.3 Å². The molecule has 14 heavy (non-hydrogen) atoms. The van der Waals surface area contributed by atoms with E-state index in [9.17, 15) is 4.39 Å². The first-order valence-electron chi connectivity index (χ1n) is 4.53. The Morgan fingerprint density at radius 3 is 2.71 bits per heavy atom. The topological polar surface area (TPSA) is 38.0 Å². The highest BCUT2D eigenvalue weighted by Gasteiger charge is 2.37. The number of nitrogens with one attached hydrogen (secondary N) is 1. The van der Waals surface area contributed by atoms with Gasteiger partial charge in [-0.15, -0.1) is 0 Å². The SMILES string of the molecule is CC1(Nc2cc(F)c(Cl)cc2N)CC1. The fourth-order valence-corrected chi connectivity index (χ4v) is 1.48.